The molecule has 0 aliphatic carbocycles. The molecule has 1 aromatic heterocycles. The van der Waals surface area contributed by atoms with Crippen LogP contribution in [-0.4, -0.2) is 42.0 Å². The van der Waals surface area contributed by atoms with E-state index in [1.165, 1.54) is 6.20 Å². The average Bonchev–Trinajstić information content (AvgIpc) is 2.91. The molecule has 2 aromatic carbocycles. The van der Waals surface area contributed by atoms with Crippen LogP contribution in [-0.2, 0) is 27.4 Å². The molecule has 39 heavy (non-hydrogen) atoms. The van der Waals surface area contributed by atoms with Crippen molar-refractivity contribution in [1.29, 1.82) is 0 Å². The van der Waals surface area contributed by atoms with E-state index in [2.05, 4.69) is 10.3 Å². The lowest BCUT2D eigenvalue weighted by atomic mass is 10.0. The average molecular weight is 538 g/mol. The number of hydrogen-bond donors (Lipinski definition) is 4. The normalized spacial score (nSPS) is 11.6. The number of anilines is 2. The van der Waals surface area contributed by atoms with E-state index in [4.69, 9.17) is 31.4 Å². The molecule has 11 heteroatoms. The van der Waals surface area contributed by atoms with Gasteiger partial charge in [0.2, 0.25) is 5.91 Å². The fourth-order valence-corrected chi connectivity index (χ4v) is 4.17. The van der Waals surface area contributed by atoms with Crippen LogP contribution in [0.25, 0.3) is 10.9 Å². The van der Waals surface area contributed by atoms with Gasteiger partial charge in [-0.25, -0.2) is 0 Å². The first kappa shape index (κ1) is 29.2. The molecule has 0 spiro atoms. The first-order valence-electron chi connectivity index (χ1n) is 12.8. The van der Waals surface area contributed by atoms with E-state index in [9.17, 15) is 14.4 Å². The molecule has 0 radical (unpaired) electrons. The third-order valence-electron chi connectivity index (χ3n) is 6.06. The molecule has 0 unspecified atom stereocenters. The molecule has 11 nitrogen and oxygen atoms in total. The highest BCUT2D eigenvalue weighted by atomic mass is 16.5. The number of amides is 2. The fraction of sp³-hybridized carbons (Fsp3) is 0.357. The number of carbonyl (C=O) groups is 3. The maximum absolute atomic E-state index is 12.4. The zero-order valence-corrected chi connectivity index (χ0v) is 22.4. The summed E-state index contributed by atoms with van der Waals surface area (Å²) in [6.07, 6.45) is 2.12. The summed E-state index contributed by atoms with van der Waals surface area (Å²) in [5, 5.41) is 3.99. The van der Waals surface area contributed by atoms with Crippen molar-refractivity contribution < 1.29 is 28.6 Å². The number of aromatic nitrogens is 1. The number of nitrogens with one attached hydrogen (secondary N) is 1. The highest BCUT2D eigenvalue weighted by Crippen LogP contribution is 2.38. The third-order valence-corrected chi connectivity index (χ3v) is 6.06. The quantitative estimate of drug-likeness (QED) is 0.225. The summed E-state index contributed by atoms with van der Waals surface area (Å²) in [4.78, 5) is 40.1. The Balaban J connectivity index is 1.99. The molecule has 0 fully saturated rings. The second-order valence-electron chi connectivity index (χ2n) is 8.73. The number of primary amides is 2. The third kappa shape index (κ3) is 7.14. The van der Waals surface area contributed by atoms with Gasteiger partial charge in [-0.3, -0.25) is 19.4 Å². The predicted octanol–water partition coefficient (Wildman–Crippen LogP) is 3.07. The SMILES string of the molecule is CCOc1cc2ncc(C(N)=O)c(Nc3cccc(COC(=O)[C@@H](N)CCC(N)=O)c3CC)c2cc1OCC. The number of hydrogen-bond acceptors (Lipinski definition) is 9. The van der Waals surface area contributed by atoms with Crippen molar-refractivity contribution >= 4 is 40.1 Å². The first-order valence-corrected chi connectivity index (χ1v) is 12.8. The van der Waals surface area contributed by atoms with Crippen LogP contribution in [0.5, 0.6) is 11.5 Å². The van der Waals surface area contributed by atoms with Crippen molar-refractivity contribution in [3.8, 4) is 11.5 Å². The Morgan fingerprint density at radius 2 is 1.72 bits per heavy atom. The number of ether oxygens (including phenoxy) is 3. The van der Waals surface area contributed by atoms with Crippen LogP contribution in [0.1, 0.15) is 55.1 Å². The van der Waals surface area contributed by atoms with Crippen molar-refractivity contribution in [2.75, 3.05) is 18.5 Å². The van der Waals surface area contributed by atoms with Gasteiger partial charge in [-0.15, -0.1) is 0 Å². The van der Waals surface area contributed by atoms with E-state index >= 15 is 0 Å². The molecule has 0 aliphatic rings. The van der Waals surface area contributed by atoms with Gasteiger partial charge in [-0.05, 0) is 49.9 Å². The van der Waals surface area contributed by atoms with Crippen LogP contribution in [0.3, 0.4) is 0 Å². The second kappa shape index (κ2) is 13.4. The van der Waals surface area contributed by atoms with Crippen LogP contribution in [0, 0.1) is 0 Å². The Hall–Kier alpha value is -4.38. The zero-order chi connectivity index (χ0) is 28.5. The summed E-state index contributed by atoms with van der Waals surface area (Å²) in [7, 11) is 0. The lowest BCUT2D eigenvalue weighted by Gasteiger charge is -2.19. The van der Waals surface area contributed by atoms with Crippen molar-refractivity contribution in [3.63, 3.8) is 0 Å². The van der Waals surface area contributed by atoms with Crippen LogP contribution in [0.15, 0.2) is 36.5 Å². The smallest absolute Gasteiger partial charge is 0.323 e. The Morgan fingerprint density at radius 1 is 1.03 bits per heavy atom. The van der Waals surface area contributed by atoms with Gasteiger partial charge < -0.3 is 36.7 Å². The molecule has 0 aliphatic heterocycles. The van der Waals surface area contributed by atoms with Gasteiger partial charge >= 0.3 is 5.97 Å². The van der Waals surface area contributed by atoms with E-state index in [-0.39, 0.29) is 25.0 Å². The van der Waals surface area contributed by atoms with Gasteiger partial charge in [0.05, 0.1) is 30.0 Å². The van der Waals surface area contributed by atoms with E-state index < -0.39 is 23.8 Å². The standard InChI is InChI=1S/C28H35N5O6/c1-4-17-16(15-39-28(36)20(29)10-11-25(30)34)8-7-9-21(17)33-26-18-12-23(37-5-2)24(38-6-3)13-22(18)32-14-19(26)27(31)35/h7-9,12-14,20H,4-6,10-11,15,29H2,1-3H3,(H2,30,34)(H2,31,35)(H,32,33)/t20-/m0/s1. The highest BCUT2D eigenvalue weighted by molar-refractivity contribution is 6.08. The lowest BCUT2D eigenvalue weighted by Crippen LogP contribution is -2.33. The number of pyridine rings is 1. The van der Waals surface area contributed by atoms with Crippen LogP contribution in [0.4, 0.5) is 11.4 Å². The summed E-state index contributed by atoms with van der Waals surface area (Å²) in [5.74, 6) is -0.744. The number of nitrogens with zero attached hydrogens (tertiary/aromatic N) is 1. The number of rotatable bonds is 14. The van der Waals surface area contributed by atoms with Crippen molar-refractivity contribution in [1.82, 2.24) is 4.98 Å². The topological polar surface area (TPSA) is 182 Å². The minimum absolute atomic E-state index is 0.00492. The predicted molar refractivity (Wildman–Crippen MR) is 148 cm³/mol. The first-order chi connectivity index (χ1) is 18.7. The van der Waals surface area contributed by atoms with E-state index in [1.807, 2.05) is 39.0 Å². The number of benzene rings is 2. The van der Waals surface area contributed by atoms with Crippen molar-refractivity contribution in [2.45, 2.75) is 52.7 Å². The number of carbonyl (C=O) groups excluding carboxylic acids is 3. The number of esters is 1. The molecule has 208 valence electrons. The van der Waals surface area contributed by atoms with Crippen molar-refractivity contribution in [2.24, 2.45) is 17.2 Å². The Kier molecular flexibility index (Phi) is 10.0. The van der Waals surface area contributed by atoms with Gasteiger partial charge in [-0.2, -0.15) is 0 Å². The molecular weight excluding hydrogens is 502 g/mol. The lowest BCUT2D eigenvalue weighted by molar-refractivity contribution is -0.146. The van der Waals surface area contributed by atoms with Crippen LogP contribution >= 0.6 is 0 Å². The minimum atomic E-state index is -0.952. The maximum Gasteiger partial charge on any atom is 0.323 e. The van der Waals surface area contributed by atoms with Crippen LogP contribution in [0.2, 0.25) is 0 Å². The summed E-state index contributed by atoms with van der Waals surface area (Å²) in [6.45, 7) is 6.56. The van der Waals surface area contributed by atoms with Gasteiger partial charge in [0.15, 0.2) is 11.5 Å². The molecule has 7 N–H and O–H groups in total. The maximum atomic E-state index is 12.4. The zero-order valence-electron chi connectivity index (χ0n) is 22.4. The molecule has 0 bridgehead atoms. The summed E-state index contributed by atoms with van der Waals surface area (Å²) < 4.78 is 16.9. The highest BCUT2D eigenvalue weighted by Gasteiger charge is 2.20. The number of nitrogens with two attached hydrogens (primary N) is 3. The van der Waals surface area contributed by atoms with Gasteiger partial charge in [-0.1, -0.05) is 19.1 Å². The summed E-state index contributed by atoms with van der Waals surface area (Å²) in [6, 6.07) is 8.09. The van der Waals surface area contributed by atoms with Crippen LogP contribution < -0.4 is 32.0 Å². The van der Waals surface area contributed by atoms with E-state index in [1.54, 1.807) is 12.1 Å². The Bertz CT molecular complexity index is 1360. The van der Waals surface area contributed by atoms with Crippen molar-refractivity contribution in [3.05, 3.63) is 53.2 Å². The molecule has 0 saturated carbocycles. The molecule has 1 heterocycles. The van der Waals surface area contributed by atoms with Gasteiger partial charge in [0.1, 0.15) is 12.6 Å². The van der Waals surface area contributed by atoms with E-state index in [0.29, 0.717) is 53.4 Å². The van der Waals surface area contributed by atoms with Gasteiger partial charge in [0.25, 0.3) is 5.91 Å². The Morgan fingerprint density at radius 3 is 2.33 bits per heavy atom. The fourth-order valence-electron chi connectivity index (χ4n) is 4.17. The largest absolute Gasteiger partial charge is 0.490 e. The molecule has 1 atom stereocenters. The Labute approximate surface area is 227 Å². The molecule has 0 saturated heterocycles. The monoisotopic (exact) mass is 537 g/mol. The summed E-state index contributed by atoms with van der Waals surface area (Å²) in [5.41, 5.74) is 20.3. The minimum Gasteiger partial charge on any atom is -0.490 e. The molecular formula is C28H35N5O6. The molecule has 3 aromatic rings. The summed E-state index contributed by atoms with van der Waals surface area (Å²) >= 11 is 0. The second-order valence-corrected chi connectivity index (χ2v) is 8.73. The van der Waals surface area contributed by atoms with E-state index in [0.717, 1.165) is 11.1 Å². The molecule has 3 rings (SSSR count). The van der Waals surface area contributed by atoms with Gasteiger partial charge in [0, 0.05) is 29.8 Å². The number of fused-ring (bicyclic) bond motifs is 1. The molecule has 2 amide bonds.